The Morgan fingerprint density at radius 2 is 2.00 bits per heavy atom. The van der Waals surface area contributed by atoms with Crippen molar-refractivity contribution in [1.82, 2.24) is 29.5 Å². The third-order valence-corrected chi connectivity index (χ3v) is 8.75. The molecule has 4 aromatic rings. The fourth-order valence-corrected chi connectivity index (χ4v) is 6.49. The molecule has 2 aromatic carbocycles. The molecule has 4 heterocycles. The predicted octanol–water partition coefficient (Wildman–Crippen LogP) is 4.95. The van der Waals surface area contributed by atoms with Gasteiger partial charge in [0.2, 0.25) is 0 Å². The van der Waals surface area contributed by atoms with E-state index < -0.39 is 11.4 Å². The van der Waals surface area contributed by atoms with Crippen LogP contribution < -0.4 is 10.5 Å². The first-order valence-corrected chi connectivity index (χ1v) is 15.5. The molecule has 0 unspecified atom stereocenters. The summed E-state index contributed by atoms with van der Waals surface area (Å²) < 4.78 is 28.4. The summed E-state index contributed by atoms with van der Waals surface area (Å²) >= 11 is 0. The number of likely N-dealkylation sites (N-methyl/N-ethyl adjacent to an activating group) is 1. The number of carbonyl (C=O) groups excluding carboxylic acids is 1. The van der Waals surface area contributed by atoms with Gasteiger partial charge in [0.05, 0.1) is 37.2 Å². The number of para-hydroxylation sites is 1. The van der Waals surface area contributed by atoms with Crippen molar-refractivity contribution in [3.63, 3.8) is 0 Å². The number of ether oxygens (including phenoxy) is 2. The van der Waals surface area contributed by atoms with Gasteiger partial charge in [0.25, 0.3) is 5.91 Å². The van der Waals surface area contributed by atoms with Gasteiger partial charge in [0, 0.05) is 23.7 Å². The maximum Gasteiger partial charge on any atom is 0.264 e. The number of rotatable bonds is 10. The van der Waals surface area contributed by atoms with Crippen LogP contribution in [-0.4, -0.2) is 79.4 Å². The molecule has 0 saturated carbocycles. The van der Waals surface area contributed by atoms with Crippen molar-refractivity contribution in [2.45, 2.75) is 57.8 Å². The van der Waals surface area contributed by atoms with Crippen LogP contribution in [-0.2, 0) is 16.1 Å². The summed E-state index contributed by atoms with van der Waals surface area (Å²) in [6.07, 6.45) is 4.61. The Kier molecular flexibility index (Phi) is 8.71. The minimum atomic E-state index is -0.540. The SMILES string of the molecule is CCN(C1COC1)C(C)(C)/C=C(/C#N)C(=O)N1CCC[C@H]1Cn1nc(-c2ccc(Oc3ccccc3)cc2F)c2c(N)ncnc21. The molecule has 0 spiro atoms. The van der Waals surface area contributed by atoms with Crippen molar-refractivity contribution >= 4 is 22.8 Å². The number of amides is 1. The maximum atomic E-state index is 15.6. The molecule has 0 aliphatic carbocycles. The van der Waals surface area contributed by atoms with Crippen LogP contribution in [0.3, 0.4) is 0 Å². The van der Waals surface area contributed by atoms with Crippen LogP contribution in [0.1, 0.15) is 33.6 Å². The van der Waals surface area contributed by atoms with Crippen LogP contribution in [0, 0.1) is 17.1 Å². The molecule has 238 valence electrons. The second kappa shape index (κ2) is 12.9. The van der Waals surface area contributed by atoms with E-state index in [4.69, 9.17) is 20.3 Å². The number of nitrogens with zero attached hydrogens (tertiary/aromatic N) is 7. The zero-order valence-electron chi connectivity index (χ0n) is 26.2. The van der Waals surface area contributed by atoms with Crippen molar-refractivity contribution < 1.29 is 18.7 Å². The van der Waals surface area contributed by atoms with Crippen molar-refractivity contribution in [3.8, 4) is 28.8 Å². The predicted molar refractivity (Wildman–Crippen MR) is 171 cm³/mol. The standard InChI is InChI=1S/C34H37FN8O3/c1-4-42(24-19-45-20-24)34(2,3)16-22(17-36)33(44)41-14-8-9-23(41)18-43-32-29(31(37)38-21-39-32)30(40-43)27-13-12-26(15-28(27)35)46-25-10-6-5-7-11-25/h5-7,10-13,15-16,21,23-24H,4,8-9,14,18-20H2,1-3H3,(H2,37,38,39)/b22-16-/t23-/m0/s1. The van der Waals surface area contributed by atoms with Gasteiger partial charge in [0.15, 0.2) is 5.65 Å². The first kappa shape index (κ1) is 31.1. The molecule has 2 aromatic heterocycles. The molecule has 6 rings (SSSR count). The third-order valence-electron chi connectivity index (χ3n) is 8.75. The first-order chi connectivity index (χ1) is 22.2. The summed E-state index contributed by atoms with van der Waals surface area (Å²) in [5.41, 5.74) is 6.83. The average Bonchev–Trinajstić information content (AvgIpc) is 3.63. The highest BCUT2D eigenvalue weighted by Gasteiger charge is 2.37. The Hall–Kier alpha value is -4.86. The molecule has 2 aliphatic rings. The number of carbonyl (C=O) groups is 1. The lowest BCUT2D eigenvalue weighted by molar-refractivity contribution is -0.127. The van der Waals surface area contributed by atoms with E-state index in [2.05, 4.69) is 27.9 Å². The van der Waals surface area contributed by atoms with Gasteiger partial charge in [-0.15, -0.1) is 0 Å². The summed E-state index contributed by atoms with van der Waals surface area (Å²) in [5.74, 6) is 0.245. The second-order valence-electron chi connectivity index (χ2n) is 12.1. The number of halogens is 1. The monoisotopic (exact) mass is 624 g/mol. The number of nitriles is 1. The molecule has 0 radical (unpaired) electrons. The van der Waals surface area contributed by atoms with E-state index in [0.717, 1.165) is 13.0 Å². The van der Waals surface area contributed by atoms with Crippen molar-refractivity contribution in [3.05, 3.63) is 72.3 Å². The topological polar surface area (TPSA) is 135 Å². The summed E-state index contributed by atoms with van der Waals surface area (Å²) in [4.78, 5) is 26.4. The Bertz CT molecular complexity index is 1810. The van der Waals surface area contributed by atoms with E-state index in [1.165, 1.54) is 12.4 Å². The quantitative estimate of drug-likeness (QED) is 0.192. The van der Waals surface area contributed by atoms with Gasteiger partial charge in [-0.2, -0.15) is 10.4 Å². The third kappa shape index (κ3) is 6.03. The lowest BCUT2D eigenvalue weighted by atomic mass is 9.95. The fourth-order valence-electron chi connectivity index (χ4n) is 6.49. The first-order valence-electron chi connectivity index (χ1n) is 15.5. The van der Waals surface area contributed by atoms with Crippen LogP contribution in [0.5, 0.6) is 11.5 Å². The van der Waals surface area contributed by atoms with Gasteiger partial charge in [0.1, 0.15) is 46.8 Å². The minimum absolute atomic E-state index is 0.105. The molecule has 12 heteroatoms. The highest BCUT2D eigenvalue weighted by Crippen LogP contribution is 2.35. The molecular formula is C34H37FN8O3. The van der Waals surface area contributed by atoms with Crippen LogP contribution >= 0.6 is 0 Å². The molecule has 0 bridgehead atoms. The van der Waals surface area contributed by atoms with E-state index in [9.17, 15) is 10.1 Å². The van der Waals surface area contributed by atoms with E-state index >= 15 is 4.39 Å². The Balaban J connectivity index is 1.27. The number of hydrogen-bond donors (Lipinski definition) is 1. The lowest BCUT2D eigenvalue weighted by Gasteiger charge is -2.45. The molecule has 46 heavy (non-hydrogen) atoms. The number of aromatic nitrogens is 4. The van der Waals surface area contributed by atoms with Crippen LogP contribution in [0.2, 0.25) is 0 Å². The minimum Gasteiger partial charge on any atom is -0.457 e. The van der Waals surface area contributed by atoms with E-state index in [1.807, 2.05) is 32.0 Å². The normalized spacial score (nSPS) is 17.3. The summed E-state index contributed by atoms with van der Waals surface area (Å²) in [6.45, 7) is 8.94. The van der Waals surface area contributed by atoms with Gasteiger partial charge < -0.3 is 20.1 Å². The van der Waals surface area contributed by atoms with Gasteiger partial charge in [-0.25, -0.2) is 19.0 Å². The fraction of sp³-hybridized carbons (Fsp3) is 0.382. The van der Waals surface area contributed by atoms with Gasteiger partial charge in [-0.1, -0.05) is 25.1 Å². The summed E-state index contributed by atoms with van der Waals surface area (Å²) in [5, 5.41) is 15.3. The van der Waals surface area contributed by atoms with Crippen molar-refractivity contribution in [2.24, 2.45) is 0 Å². The van der Waals surface area contributed by atoms with Gasteiger partial charge in [-0.3, -0.25) is 9.69 Å². The average molecular weight is 625 g/mol. The Morgan fingerprint density at radius 1 is 1.22 bits per heavy atom. The highest BCUT2D eigenvalue weighted by atomic mass is 19.1. The summed E-state index contributed by atoms with van der Waals surface area (Å²) in [6, 6.07) is 15.9. The smallest absolute Gasteiger partial charge is 0.264 e. The molecule has 2 fully saturated rings. The number of anilines is 1. The Labute approximate surface area is 267 Å². The number of nitrogens with two attached hydrogens (primary N) is 1. The lowest BCUT2D eigenvalue weighted by Crippen LogP contribution is -2.57. The number of hydrogen-bond acceptors (Lipinski definition) is 9. The molecule has 1 atom stereocenters. The largest absolute Gasteiger partial charge is 0.457 e. The van der Waals surface area contributed by atoms with Crippen molar-refractivity contribution in [1.29, 1.82) is 5.26 Å². The van der Waals surface area contributed by atoms with Crippen molar-refractivity contribution in [2.75, 3.05) is 32.0 Å². The molecule has 2 aliphatic heterocycles. The Morgan fingerprint density at radius 3 is 2.67 bits per heavy atom. The number of fused-ring (bicyclic) bond motifs is 1. The van der Waals surface area contributed by atoms with Crippen LogP contribution in [0.4, 0.5) is 10.2 Å². The maximum absolute atomic E-state index is 15.6. The number of nitrogen functional groups attached to an aromatic ring is 1. The van der Waals surface area contributed by atoms with E-state index in [-0.39, 0.29) is 41.5 Å². The molecule has 11 nitrogen and oxygen atoms in total. The second-order valence-corrected chi connectivity index (χ2v) is 12.1. The number of benzene rings is 2. The molecular weight excluding hydrogens is 587 g/mol. The summed E-state index contributed by atoms with van der Waals surface area (Å²) in [7, 11) is 0. The van der Waals surface area contributed by atoms with Crippen LogP contribution in [0.25, 0.3) is 22.3 Å². The van der Waals surface area contributed by atoms with Gasteiger partial charge >= 0.3 is 0 Å². The molecule has 2 N–H and O–H groups in total. The van der Waals surface area contributed by atoms with E-state index in [1.54, 1.807) is 39.9 Å². The van der Waals surface area contributed by atoms with Gasteiger partial charge in [-0.05, 0) is 63.6 Å². The zero-order valence-corrected chi connectivity index (χ0v) is 26.2. The number of likely N-dealkylation sites (tertiary alicyclic amines) is 1. The molecule has 2 saturated heterocycles. The molecule has 1 amide bonds. The van der Waals surface area contributed by atoms with Crippen LogP contribution in [0.15, 0.2) is 66.5 Å². The van der Waals surface area contributed by atoms with E-state index in [0.29, 0.717) is 54.4 Å². The zero-order chi connectivity index (χ0) is 32.4. The highest BCUT2D eigenvalue weighted by molar-refractivity contribution is 5.99.